The quantitative estimate of drug-likeness (QED) is 0.767. The molecule has 3 rings (SSSR count). The third-order valence-corrected chi connectivity index (χ3v) is 4.87. The smallest absolute Gasteiger partial charge is 0.265 e. The van der Waals surface area contributed by atoms with Gasteiger partial charge in [0.1, 0.15) is 5.01 Å². The number of carbonyl (C=O) groups is 1. The average molecular weight is 315 g/mol. The molecule has 0 radical (unpaired) electrons. The molecule has 1 aromatic carbocycles. The van der Waals surface area contributed by atoms with Crippen LogP contribution in [0, 0.1) is 6.92 Å². The topological polar surface area (TPSA) is 68.0 Å². The number of thiazole rings is 1. The van der Waals surface area contributed by atoms with Crippen molar-refractivity contribution in [3.63, 3.8) is 0 Å². The van der Waals surface area contributed by atoms with Gasteiger partial charge in [0, 0.05) is 33.4 Å². The van der Waals surface area contributed by atoms with Crippen molar-refractivity contribution in [1.82, 2.24) is 4.98 Å². The molecule has 0 saturated heterocycles. The number of hydrogen-bond acceptors (Lipinski definition) is 5. The lowest BCUT2D eigenvalue weighted by Gasteiger charge is -2.05. The Hall–Kier alpha value is -2.18. The first-order valence-electron chi connectivity index (χ1n) is 6.30. The number of hydrogen-bond donors (Lipinski definition) is 2. The minimum atomic E-state index is -0.143. The molecule has 2 aromatic heterocycles. The first-order chi connectivity index (χ1) is 10.1. The van der Waals surface area contributed by atoms with E-state index in [1.54, 1.807) is 23.6 Å². The molecule has 0 aliphatic carbocycles. The number of rotatable bonds is 3. The van der Waals surface area contributed by atoms with Crippen molar-refractivity contribution >= 4 is 40.0 Å². The zero-order valence-corrected chi connectivity index (χ0v) is 12.9. The second-order valence-electron chi connectivity index (χ2n) is 4.49. The van der Waals surface area contributed by atoms with Crippen molar-refractivity contribution in [2.24, 2.45) is 0 Å². The van der Waals surface area contributed by atoms with Gasteiger partial charge in [0.05, 0.1) is 4.88 Å². The minimum absolute atomic E-state index is 0.143. The number of thiophene rings is 1. The Morgan fingerprint density at radius 3 is 2.86 bits per heavy atom. The molecule has 1 amide bonds. The van der Waals surface area contributed by atoms with Gasteiger partial charge in [-0.25, -0.2) is 4.98 Å². The predicted octanol–water partition coefficient (Wildman–Crippen LogP) is 4.01. The number of nitrogens with zero attached hydrogens (tertiary/aromatic N) is 1. The van der Waals surface area contributed by atoms with Crippen molar-refractivity contribution in [2.45, 2.75) is 6.92 Å². The summed E-state index contributed by atoms with van der Waals surface area (Å²) < 4.78 is 0. The zero-order chi connectivity index (χ0) is 14.8. The average Bonchev–Trinajstić information content (AvgIpc) is 3.10. The van der Waals surface area contributed by atoms with Crippen molar-refractivity contribution in [1.29, 1.82) is 0 Å². The van der Waals surface area contributed by atoms with Crippen LogP contribution in [0.4, 0.5) is 11.4 Å². The van der Waals surface area contributed by atoms with E-state index in [1.807, 2.05) is 36.6 Å². The van der Waals surface area contributed by atoms with Gasteiger partial charge in [-0.1, -0.05) is 12.1 Å². The van der Waals surface area contributed by atoms with Crippen LogP contribution in [0.3, 0.4) is 0 Å². The van der Waals surface area contributed by atoms with E-state index >= 15 is 0 Å². The van der Waals surface area contributed by atoms with Crippen LogP contribution >= 0.6 is 22.7 Å². The number of aryl methyl sites for hydroxylation is 1. The molecule has 3 aromatic rings. The highest BCUT2D eigenvalue weighted by Gasteiger charge is 2.11. The number of aromatic nitrogens is 1. The number of anilines is 2. The highest BCUT2D eigenvalue weighted by atomic mass is 32.1. The van der Waals surface area contributed by atoms with Gasteiger partial charge in [-0.3, -0.25) is 4.79 Å². The first-order valence-corrected chi connectivity index (χ1v) is 8.00. The molecule has 0 aliphatic heterocycles. The Kier molecular flexibility index (Phi) is 3.72. The molecule has 3 N–H and O–H groups in total. The SMILES string of the molecule is Cc1sc(C(=O)Nc2cccc(-c3nccs3)c2)cc1N. The second-order valence-corrected chi connectivity index (χ2v) is 6.65. The summed E-state index contributed by atoms with van der Waals surface area (Å²) in [7, 11) is 0. The van der Waals surface area contributed by atoms with Crippen LogP contribution in [0.5, 0.6) is 0 Å². The summed E-state index contributed by atoms with van der Waals surface area (Å²) in [6, 6.07) is 9.36. The molecule has 6 heteroatoms. The standard InChI is InChI=1S/C15H13N3OS2/c1-9-12(16)8-13(21-9)14(19)18-11-4-2-3-10(7-11)15-17-5-6-20-15/h2-8H,16H2,1H3,(H,18,19). The predicted molar refractivity (Wildman–Crippen MR) is 89.0 cm³/mol. The molecule has 0 saturated carbocycles. The van der Waals surface area contributed by atoms with E-state index in [0.29, 0.717) is 10.6 Å². The summed E-state index contributed by atoms with van der Waals surface area (Å²) in [5.74, 6) is -0.143. The highest BCUT2D eigenvalue weighted by molar-refractivity contribution is 7.14. The maximum absolute atomic E-state index is 12.2. The van der Waals surface area contributed by atoms with E-state index in [4.69, 9.17) is 5.73 Å². The van der Waals surface area contributed by atoms with E-state index < -0.39 is 0 Å². The van der Waals surface area contributed by atoms with Gasteiger partial charge in [0.25, 0.3) is 5.91 Å². The number of nitrogens with two attached hydrogens (primary N) is 1. The van der Waals surface area contributed by atoms with Crippen molar-refractivity contribution in [3.05, 3.63) is 51.7 Å². The second kappa shape index (κ2) is 5.67. The third kappa shape index (κ3) is 2.96. The Bertz CT molecular complexity index is 759. The van der Waals surface area contributed by atoms with E-state index in [-0.39, 0.29) is 5.91 Å². The molecular weight excluding hydrogens is 302 g/mol. The molecule has 0 aliphatic rings. The molecule has 0 fully saturated rings. The first kappa shape index (κ1) is 13.8. The van der Waals surface area contributed by atoms with Crippen LogP contribution in [-0.4, -0.2) is 10.9 Å². The van der Waals surface area contributed by atoms with Gasteiger partial charge < -0.3 is 11.1 Å². The summed E-state index contributed by atoms with van der Waals surface area (Å²) in [5, 5.41) is 5.75. The van der Waals surface area contributed by atoms with Crippen molar-refractivity contribution in [2.75, 3.05) is 11.1 Å². The molecule has 0 spiro atoms. The van der Waals surface area contributed by atoms with Crippen LogP contribution < -0.4 is 11.1 Å². The maximum Gasteiger partial charge on any atom is 0.265 e. The number of nitrogens with one attached hydrogen (secondary N) is 1. The number of carbonyl (C=O) groups excluding carboxylic acids is 1. The van der Waals surface area contributed by atoms with Crippen LogP contribution in [0.25, 0.3) is 10.6 Å². The lowest BCUT2D eigenvalue weighted by atomic mass is 10.2. The fourth-order valence-corrected chi connectivity index (χ4v) is 3.37. The van der Waals surface area contributed by atoms with Crippen molar-refractivity contribution < 1.29 is 4.79 Å². The van der Waals surface area contributed by atoms with Crippen LogP contribution in [-0.2, 0) is 0 Å². The minimum Gasteiger partial charge on any atom is -0.398 e. The monoisotopic (exact) mass is 315 g/mol. The van der Waals surface area contributed by atoms with E-state index in [2.05, 4.69) is 10.3 Å². The van der Waals surface area contributed by atoms with Crippen LogP contribution in [0.1, 0.15) is 14.5 Å². The number of benzene rings is 1. The highest BCUT2D eigenvalue weighted by Crippen LogP contribution is 2.26. The zero-order valence-electron chi connectivity index (χ0n) is 11.3. The summed E-state index contributed by atoms with van der Waals surface area (Å²) in [6.45, 7) is 1.90. The Morgan fingerprint density at radius 2 is 2.19 bits per heavy atom. The Labute approximate surface area is 130 Å². The molecule has 2 heterocycles. The van der Waals surface area contributed by atoms with Gasteiger partial charge in [-0.2, -0.15) is 0 Å². The largest absolute Gasteiger partial charge is 0.398 e. The fraction of sp³-hybridized carbons (Fsp3) is 0.0667. The van der Waals surface area contributed by atoms with E-state index in [0.717, 1.165) is 21.1 Å². The fourth-order valence-electron chi connectivity index (χ4n) is 1.90. The summed E-state index contributed by atoms with van der Waals surface area (Å²) in [5.41, 5.74) is 8.18. The third-order valence-electron chi connectivity index (χ3n) is 2.98. The molecule has 4 nitrogen and oxygen atoms in total. The van der Waals surface area contributed by atoms with Gasteiger partial charge in [0.15, 0.2) is 0 Å². The normalized spacial score (nSPS) is 10.5. The van der Waals surface area contributed by atoms with Crippen LogP contribution in [0.15, 0.2) is 41.9 Å². The summed E-state index contributed by atoms with van der Waals surface area (Å²) in [4.78, 5) is 18.1. The molecule has 106 valence electrons. The number of amides is 1. The van der Waals surface area contributed by atoms with Crippen LogP contribution in [0.2, 0.25) is 0 Å². The van der Waals surface area contributed by atoms with Crippen molar-refractivity contribution in [3.8, 4) is 10.6 Å². The molecular formula is C15H13N3OS2. The summed E-state index contributed by atoms with van der Waals surface area (Å²) in [6.07, 6.45) is 1.77. The van der Waals surface area contributed by atoms with Gasteiger partial charge in [0.2, 0.25) is 0 Å². The Morgan fingerprint density at radius 1 is 1.33 bits per heavy atom. The van der Waals surface area contributed by atoms with Gasteiger partial charge >= 0.3 is 0 Å². The van der Waals surface area contributed by atoms with E-state index in [9.17, 15) is 4.79 Å². The molecule has 0 unspecified atom stereocenters. The lowest BCUT2D eigenvalue weighted by Crippen LogP contribution is -2.10. The Balaban J connectivity index is 1.82. The number of nitrogen functional groups attached to an aromatic ring is 1. The van der Waals surface area contributed by atoms with Gasteiger partial charge in [-0.05, 0) is 25.1 Å². The maximum atomic E-state index is 12.2. The van der Waals surface area contributed by atoms with E-state index in [1.165, 1.54) is 11.3 Å². The molecule has 21 heavy (non-hydrogen) atoms. The molecule has 0 atom stereocenters. The van der Waals surface area contributed by atoms with Gasteiger partial charge in [-0.15, -0.1) is 22.7 Å². The summed E-state index contributed by atoms with van der Waals surface area (Å²) >= 11 is 2.96. The lowest BCUT2D eigenvalue weighted by molar-refractivity contribution is 0.103. The molecule has 0 bridgehead atoms.